The van der Waals surface area contributed by atoms with Crippen LogP contribution >= 0.6 is 0 Å². The monoisotopic (exact) mass is 652 g/mol. The van der Waals surface area contributed by atoms with Gasteiger partial charge < -0.3 is 13.9 Å². The quantitative estimate of drug-likeness (QED) is 0.178. The number of anilines is 3. The highest BCUT2D eigenvalue weighted by atomic mass is 16.3. The molecule has 8 aromatic carbocycles. The number of rotatable bonds is 6. The predicted octanol–water partition coefficient (Wildman–Crippen LogP) is 13.5. The van der Waals surface area contributed by atoms with Gasteiger partial charge in [0, 0.05) is 38.6 Å². The van der Waals surface area contributed by atoms with E-state index >= 15 is 0 Å². The van der Waals surface area contributed by atoms with Crippen LogP contribution < -0.4 is 4.90 Å². The smallest absolute Gasteiger partial charge is 0.159 e. The number of aromatic nitrogens is 1. The lowest BCUT2D eigenvalue weighted by Gasteiger charge is -2.26. The molecule has 0 aliphatic rings. The largest absolute Gasteiger partial charge is 0.454 e. The maximum Gasteiger partial charge on any atom is 0.159 e. The molecule has 51 heavy (non-hydrogen) atoms. The molecule has 0 N–H and O–H groups in total. The normalized spacial score (nSPS) is 11.5. The average molecular weight is 653 g/mol. The molecule has 0 amide bonds. The zero-order chi connectivity index (χ0) is 33.7. The molecule has 0 aliphatic heterocycles. The summed E-state index contributed by atoms with van der Waals surface area (Å²) in [4.78, 5) is 2.33. The van der Waals surface area contributed by atoms with E-state index in [1.807, 2.05) is 12.1 Å². The fourth-order valence-electron chi connectivity index (χ4n) is 7.64. The predicted molar refractivity (Wildman–Crippen MR) is 214 cm³/mol. The van der Waals surface area contributed by atoms with Gasteiger partial charge in [-0.15, -0.1) is 0 Å². The van der Waals surface area contributed by atoms with Gasteiger partial charge in [-0.1, -0.05) is 133 Å². The molecule has 3 nitrogen and oxygen atoms in total. The fraction of sp³-hybridized carbons (Fsp3) is 0. The maximum atomic E-state index is 6.62. The molecule has 2 aromatic heterocycles. The molecule has 0 atom stereocenters. The minimum Gasteiger partial charge on any atom is -0.454 e. The third-order valence-electron chi connectivity index (χ3n) is 9.96. The van der Waals surface area contributed by atoms with Gasteiger partial charge in [0.15, 0.2) is 5.58 Å². The van der Waals surface area contributed by atoms with Crippen molar-refractivity contribution in [2.24, 2.45) is 0 Å². The number of hydrogen-bond acceptors (Lipinski definition) is 2. The zero-order valence-corrected chi connectivity index (χ0v) is 27.8. The van der Waals surface area contributed by atoms with Gasteiger partial charge in [0.2, 0.25) is 0 Å². The van der Waals surface area contributed by atoms with Crippen LogP contribution in [0.3, 0.4) is 0 Å². The van der Waals surface area contributed by atoms with Crippen LogP contribution in [0.1, 0.15) is 0 Å². The standard InChI is InChI=1S/C48H32N2O/c1-2-14-33(15-3-1)34-16-10-19-37(30-34)49(46-28-13-25-43-42-24-6-9-29-47(42)51-48(43)46)38-20-11-17-35(31-38)36-18-12-21-39(32-36)50-44-26-7-4-22-40(44)41-23-5-8-27-45(41)50/h1-32H. The molecular weight excluding hydrogens is 621 g/mol. The highest BCUT2D eigenvalue weighted by Gasteiger charge is 2.20. The average Bonchev–Trinajstić information content (AvgIpc) is 3.75. The number of benzene rings is 8. The van der Waals surface area contributed by atoms with Crippen LogP contribution in [-0.4, -0.2) is 4.57 Å². The Morgan fingerprint density at radius 3 is 1.59 bits per heavy atom. The van der Waals surface area contributed by atoms with Gasteiger partial charge in [0.1, 0.15) is 5.58 Å². The second-order valence-corrected chi connectivity index (χ2v) is 13.0. The van der Waals surface area contributed by atoms with Crippen molar-refractivity contribution in [1.29, 1.82) is 0 Å². The van der Waals surface area contributed by atoms with E-state index in [4.69, 9.17) is 4.42 Å². The van der Waals surface area contributed by atoms with Crippen LogP contribution in [-0.2, 0) is 0 Å². The number of para-hydroxylation sites is 4. The first-order valence-electron chi connectivity index (χ1n) is 17.4. The Kier molecular flexibility index (Phi) is 6.81. The van der Waals surface area contributed by atoms with Crippen molar-refractivity contribution in [3.63, 3.8) is 0 Å². The topological polar surface area (TPSA) is 21.3 Å². The highest BCUT2D eigenvalue weighted by molar-refractivity contribution is 6.11. The molecule has 0 saturated heterocycles. The second-order valence-electron chi connectivity index (χ2n) is 13.0. The summed E-state index contributed by atoms with van der Waals surface area (Å²) in [5.41, 5.74) is 13.0. The summed E-state index contributed by atoms with van der Waals surface area (Å²) in [6.45, 7) is 0. The van der Waals surface area contributed by atoms with Gasteiger partial charge in [-0.05, 0) is 82.9 Å². The Bertz CT molecular complexity index is 2830. The SMILES string of the molecule is c1ccc(-c2cccc(N(c3cccc(-c4cccc(-n5c6ccccc6c6ccccc65)c4)c3)c3cccc4c3oc3ccccc34)c2)cc1. The first-order chi connectivity index (χ1) is 25.3. The summed E-state index contributed by atoms with van der Waals surface area (Å²) in [6, 6.07) is 69.1. The van der Waals surface area contributed by atoms with Crippen molar-refractivity contribution >= 4 is 60.8 Å². The molecule has 0 fully saturated rings. The maximum absolute atomic E-state index is 6.62. The van der Waals surface area contributed by atoms with Crippen molar-refractivity contribution in [2.45, 2.75) is 0 Å². The summed E-state index contributed by atoms with van der Waals surface area (Å²) in [7, 11) is 0. The van der Waals surface area contributed by atoms with E-state index < -0.39 is 0 Å². The summed E-state index contributed by atoms with van der Waals surface area (Å²) in [5, 5.41) is 4.73. The Balaban J connectivity index is 1.15. The van der Waals surface area contributed by atoms with E-state index in [0.29, 0.717) is 0 Å². The minimum absolute atomic E-state index is 0.863. The van der Waals surface area contributed by atoms with Gasteiger partial charge in [0.05, 0.1) is 16.7 Å². The van der Waals surface area contributed by atoms with Crippen LogP contribution in [0.15, 0.2) is 199 Å². The van der Waals surface area contributed by atoms with Crippen LogP contribution in [0, 0.1) is 0 Å². The molecule has 0 aliphatic carbocycles. The lowest BCUT2D eigenvalue weighted by atomic mass is 10.0. The van der Waals surface area contributed by atoms with Gasteiger partial charge in [0.25, 0.3) is 0 Å². The lowest BCUT2D eigenvalue weighted by molar-refractivity contribution is 0.669. The summed E-state index contributed by atoms with van der Waals surface area (Å²) in [6.07, 6.45) is 0. The van der Waals surface area contributed by atoms with Crippen LogP contribution in [0.25, 0.3) is 71.7 Å². The van der Waals surface area contributed by atoms with E-state index in [9.17, 15) is 0 Å². The molecule has 240 valence electrons. The fourth-order valence-corrected chi connectivity index (χ4v) is 7.64. The zero-order valence-electron chi connectivity index (χ0n) is 27.8. The Labute approximate surface area is 295 Å². The number of nitrogens with zero attached hydrogens (tertiary/aromatic N) is 2. The number of fused-ring (bicyclic) bond motifs is 6. The summed E-state index contributed by atoms with van der Waals surface area (Å²) in [5.74, 6) is 0. The van der Waals surface area contributed by atoms with E-state index in [-0.39, 0.29) is 0 Å². The molecule has 3 heteroatoms. The van der Waals surface area contributed by atoms with Crippen LogP contribution in [0.4, 0.5) is 17.1 Å². The molecular formula is C48H32N2O. The number of furan rings is 1. The molecule has 10 rings (SSSR count). The molecule has 10 aromatic rings. The van der Waals surface area contributed by atoms with Crippen molar-refractivity contribution in [1.82, 2.24) is 4.57 Å². The lowest BCUT2D eigenvalue weighted by Crippen LogP contribution is -2.10. The summed E-state index contributed by atoms with van der Waals surface area (Å²) < 4.78 is 9.00. The Morgan fingerprint density at radius 2 is 0.882 bits per heavy atom. The van der Waals surface area contributed by atoms with Gasteiger partial charge in [-0.25, -0.2) is 0 Å². The molecule has 0 spiro atoms. The van der Waals surface area contributed by atoms with Crippen molar-refractivity contribution in [2.75, 3.05) is 4.90 Å². The van der Waals surface area contributed by atoms with Crippen LogP contribution in [0.5, 0.6) is 0 Å². The third kappa shape index (κ3) is 4.90. The van der Waals surface area contributed by atoms with Gasteiger partial charge in [-0.3, -0.25) is 0 Å². The highest BCUT2D eigenvalue weighted by Crippen LogP contribution is 2.44. The third-order valence-corrected chi connectivity index (χ3v) is 9.96. The van der Waals surface area contributed by atoms with Crippen molar-refractivity contribution in [3.8, 4) is 27.9 Å². The van der Waals surface area contributed by atoms with Crippen LogP contribution in [0.2, 0.25) is 0 Å². The molecule has 0 saturated carbocycles. The second kappa shape index (κ2) is 11.9. The Morgan fingerprint density at radius 1 is 0.373 bits per heavy atom. The molecule has 2 heterocycles. The molecule has 0 unspecified atom stereocenters. The first-order valence-corrected chi connectivity index (χ1v) is 17.4. The van der Waals surface area contributed by atoms with E-state index in [2.05, 4.69) is 191 Å². The van der Waals surface area contributed by atoms with Gasteiger partial charge >= 0.3 is 0 Å². The van der Waals surface area contributed by atoms with Crippen molar-refractivity contribution in [3.05, 3.63) is 194 Å². The Hall–Kier alpha value is -6.84. The first kappa shape index (κ1) is 29.1. The van der Waals surface area contributed by atoms with Gasteiger partial charge in [-0.2, -0.15) is 0 Å². The minimum atomic E-state index is 0.863. The summed E-state index contributed by atoms with van der Waals surface area (Å²) >= 11 is 0. The van der Waals surface area contributed by atoms with E-state index in [0.717, 1.165) is 61.4 Å². The number of hydrogen-bond donors (Lipinski definition) is 0. The van der Waals surface area contributed by atoms with Crippen molar-refractivity contribution < 1.29 is 4.42 Å². The van der Waals surface area contributed by atoms with E-state index in [1.54, 1.807) is 0 Å². The molecule has 0 bridgehead atoms. The molecule has 0 radical (unpaired) electrons. The van der Waals surface area contributed by atoms with E-state index in [1.165, 1.54) is 27.4 Å².